The van der Waals surface area contributed by atoms with E-state index in [0.29, 0.717) is 26.9 Å². The van der Waals surface area contributed by atoms with Crippen LogP contribution in [-0.2, 0) is 0 Å². The number of hydrogen-bond donors (Lipinski definition) is 1. The van der Waals surface area contributed by atoms with Crippen molar-refractivity contribution in [2.75, 3.05) is 14.1 Å². The minimum atomic E-state index is -0.190. The molecule has 20 heavy (non-hydrogen) atoms. The van der Waals surface area contributed by atoms with Crippen LogP contribution in [0.4, 0.5) is 0 Å². The number of halogens is 2. The third-order valence-corrected chi connectivity index (χ3v) is 3.15. The van der Waals surface area contributed by atoms with Crippen LogP contribution in [0.5, 0.6) is 0 Å². The molecular weight excluding hydrogens is 297 g/mol. The first kappa shape index (κ1) is 14.6. The quantitative estimate of drug-likeness (QED) is 0.694. The summed E-state index contributed by atoms with van der Waals surface area (Å²) in [6.07, 6.45) is 3.32. The van der Waals surface area contributed by atoms with Crippen molar-refractivity contribution in [3.8, 4) is 0 Å². The molecule has 0 amide bonds. The Kier molecular flexibility index (Phi) is 4.47. The lowest BCUT2D eigenvalue weighted by Crippen LogP contribution is -2.10. The summed E-state index contributed by atoms with van der Waals surface area (Å²) in [6, 6.07) is 6.54. The molecular formula is C14H13Cl2N3O. The Morgan fingerprint density at radius 2 is 2.05 bits per heavy atom. The summed E-state index contributed by atoms with van der Waals surface area (Å²) < 4.78 is 0. The van der Waals surface area contributed by atoms with Gasteiger partial charge in [0.25, 0.3) is 0 Å². The number of aromatic amines is 1. The Morgan fingerprint density at radius 3 is 2.60 bits per heavy atom. The van der Waals surface area contributed by atoms with Gasteiger partial charge in [0.15, 0.2) is 5.78 Å². The van der Waals surface area contributed by atoms with E-state index < -0.39 is 0 Å². The highest BCUT2D eigenvalue weighted by Gasteiger charge is 2.18. The first-order valence-corrected chi connectivity index (χ1v) is 6.62. The van der Waals surface area contributed by atoms with Crippen LogP contribution in [0.15, 0.2) is 36.7 Å². The Balaban J connectivity index is 2.47. The van der Waals surface area contributed by atoms with Crippen LogP contribution >= 0.6 is 23.2 Å². The number of rotatable bonds is 4. The first-order chi connectivity index (χ1) is 9.49. The maximum atomic E-state index is 12.6. The molecule has 0 aliphatic carbocycles. The molecule has 6 heteroatoms. The standard InChI is InChI=1S/C14H13Cl2N3O/c1-19(2)8-11(13-5-6-17-18-13)14(20)10-4-3-9(15)7-12(10)16/h3-8H,1-2H3,(H,17,18)/b11-8+. The number of nitrogens with zero attached hydrogens (tertiary/aromatic N) is 2. The van der Waals surface area contributed by atoms with E-state index >= 15 is 0 Å². The average Bonchev–Trinajstić information content (AvgIpc) is 2.88. The van der Waals surface area contributed by atoms with E-state index in [1.54, 1.807) is 41.6 Å². The van der Waals surface area contributed by atoms with Gasteiger partial charge in [0.2, 0.25) is 0 Å². The zero-order valence-corrected chi connectivity index (χ0v) is 12.5. The minimum Gasteiger partial charge on any atom is -0.383 e. The minimum absolute atomic E-state index is 0.190. The number of hydrogen-bond acceptors (Lipinski definition) is 3. The lowest BCUT2D eigenvalue weighted by molar-refractivity contribution is 0.105. The maximum absolute atomic E-state index is 12.6. The van der Waals surface area contributed by atoms with Gasteiger partial charge in [-0.05, 0) is 24.3 Å². The molecule has 0 radical (unpaired) electrons. The number of allylic oxidation sites excluding steroid dienone is 1. The van der Waals surface area contributed by atoms with Gasteiger partial charge in [0, 0.05) is 37.1 Å². The summed E-state index contributed by atoms with van der Waals surface area (Å²) in [5.74, 6) is -0.190. The Hall–Kier alpha value is -1.78. The van der Waals surface area contributed by atoms with Crippen LogP contribution in [0.3, 0.4) is 0 Å². The van der Waals surface area contributed by atoms with Crippen LogP contribution in [0.1, 0.15) is 16.1 Å². The fourth-order valence-electron chi connectivity index (χ4n) is 1.73. The van der Waals surface area contributed by atoms with Gasteiger partial charge in [-0.15, -0.1) is 0 Å². The van der Waals surface area contributed by atoms with Crippen molar-refractivity contribution in [2.45, 2.75) is 0 Å². The molecule has 0 fully saturated rings. The van der Waals surface area contributed by atoms with Crippen LogP contribution in [0, 0.1) is 0 Å². The van der Waals surface area contributed by atoms with Gasteiger partial charge in [-0.2, -0.15) is 5.10 Å². The molecule has 0 bridgehead atoms. The summed E-state index contributed by atoms with van der Waals surface area (Å²) in [5.41, 5.74) is 1.52. The van der Waals surface area contributed by atoms with Crippen molar-refractivity contribution < 1.29 is 4.79 Å². The molecule has 0 aliphatic rings. The van der Waals surface area contributed by atoms with E-state index in [9.17, 15) is 4.79 Å². The molecule has 0 spiro atoms. The van der Waals surface area contributed by atoms with Crippen molar-refractivity contribution in [3.63, 3.8) is 0 Å². The van der Waals surface area contributed by atoms with E-state index in [1.165, 1.54) is 0 Å². The number of benzene rings is 1. The number of ketones is 1. The van der Waals surface area contributed by atoms with E-state index in [4.69, 9.17) is 23.2 Å². The maximum Gasteiger partial charge on any atom is 0.198 e. The predicted octanol–water partition coefficient (Wildman–Crippen LogP) is 3.50. The van der Waals surface area contributed by atoms with Gasteiger partial charge in [0.05, 0.1) is 16.3 Å². The van der Waals surface area contributed by atoms with E-state index in [2.05, 4.69) is 10.2 Å². The van der Waals surface area contributed by atoms with Crippen LogP contribution < -0.4 is 0 Å². The smallest absolute Gasteiger partial charge is 0.198 e. The molecule has 4 nitrogen and oxygen atoms in total. The molecule has 2 rings (SSSR count). The van der Waals surface area contributed by atoms with Gasteiger partial charge >= 0.3 is 0 Å². The van der Waals surface area contributed by atoms with Crippen molar-refractivity contribution in [1.82, 2.24) is 15.1 Å². The second-order valence-electron chi connectivity index (χ2n) is 4.43. The number of carbonyl (C=O) groups excluding carboxylic acids is 1. The number of carbonyl (C=O) groups is 1. The first-order valence-electron chi connectivity index (χ1n) is 5.87. The second kappa shape index (κ2) is 6.11. The molecule has 1 heterocycles. The van der Waals surface area contributed by atoms with E-state index in [0.717, 1.165) is 0 Å². The zero-order chi connectivity index (χ0) is 14.7. The number of H-pyrrole nitrogens is 1. The summed E-state index contributed by atoms with van der Waals surface area (Å²) >= 11 is 11.9. The molecule has 1 N–H and O–H groups in total. The Morgan fingerprint density at radius 1 is 1.30 bits per heavy atom. The van der Waals surface area contributed by atoms with Crippen molar-refractivity contribution in [1.29, 1.82) is 0 Å². The summed E-state index contributed by atoms with van der Waals surface area (Å²) in [5, 5.41) is 7.48. The highest BCUT2D eigenvalue weighted by molar-refractivity contribution is 6.40. The fraction of sp³-hybridized carbons (Fsp3) is 0.143. The fourth-order valence-corrected chi connectivity index (χ4v) is 2.23. The van der Waals surface area contributed by atoms with Gasteiger partial charge in [-0.1, -0.05) is 23.2 Å². The SMILES string of the molecule is CN(C)/C=C(/C(=O)c1ccc(Cl)cc1Cl)c1ccn[nH]1. The average molecular weight is 310 g/mol. The molecule has 0 saturated heterocycles. The third-order valence-electron chi connectivity index (χ3n) is 2.60. The molecule has 2 aromatic rings. The summed E-state index contributed by atoms with van der Waals surface area (Å²) in [4.78, 5) is 14.4. The van der Waals surface area contributed by atoms with Crippen LogP contribution in [0.2, 0.25) is 10.0 Å². The van der Waals surface area contributed by atoms with Crippen molar-refractivity contribution in [3.05, 3.63) is 58.0 Å². The number of aromatic nitrogens is 2. The van der Waals surface area contributed by atoms with Gasteiger partial charge in [-0.25, -0.2) is 0 Å². The lowest BCUT2D eigenvalue weighted by atomic mass is 10.0. The normalized spacial score (nSPS) is 11.5. The van der Waals surface area contributed by atoms with Crippen molar-refractivity contribution >= 4 is 34.6 Å². The highest BCUT2D eigenvalue weighted by Crippen LogP contribution is 2.26. The molecule has 0 atom stereocenters. The van der Waals surface area contributed by atoms with Gasteiger partial charge in [0.1, 0.15) is 0 Å². The Bertz CT molecular complexity index is 648. The topological polar surface area (TPSA) is 49.0 Å². The molecule has 1 aromatic carbocycles. The zero-order valence-electron chi connectivity index (χ0n) is 11.0. The monoisotopic (exact) mass is 309 g/mol. The Labute approximate surface area is 127 Å². The number of Topliss-reactive ketones (excluding diaryl/α,β-unsaturated/α-hetero) is 1. The molecule has 0 saturated carbocycles. The van der Waals surface area contributed by atoms with E-state index in [1.807, 2.05) is 14.1 Å². The highest BCUT2D eigenvalue weighted by atomic mass is 35.5. The van der Waals surface area contributed by atoms with Gasteiger partial charge < -0.3 is 4.90 Å². The van der Waals surface area contributed by atoms with Gasteiger partial charge in [-0.3, -0.25) is 9.89 Å². The van der Waals surface area contributed by atoms with Crippen LogP contribution in [0.25, 0.3) is 5.57 Å². The van der Waals surface area contributed by atoms with E-state index in [-0.39, 0.29) is 5.78 Å². The largest absolute Gasteiger partial charge is 0.383 e. The summed E-state index contributed by atoms with van der Waals surface area (Å²) in [7, 11) is 3.68. The predicted molar refractivity (Wildman–Crippen MR) is 81.0 cm³/mol. The van der Waals surface area contributed by atoms with Crippen molar-refractivity contribution in [2.24, 2.45) is 0 Å². The second-order valence-corrected chi connectivity index (χ2v) is 5.27. The van der Waals surface area contributed by atoms with Crippen LogP contribution in [-0.4, -0.2) is 35.0 Å². The molecule has 1 aromatic heterocycles. The molecule has 0 aliphatic heterocycles. The molecule has 104 valence electrons. The molecule has 0 unspecified atom stereocenters. The third kappa shape index (κ3) is 3.21. The summed E-state index contributed by atoms with van der Waals surface area (Å²) in [6.45, 7) is 0. The lowest BCUT2D eigenvalue weighted by Gasteiger charge is -2.11. The number of nitrogens with one attached hydrogen (secondary N) is 1.